The van der Waals surface area contributed by atoms with E-state index in [4.69, 9.17) is 0 Å². The zero-order chi connectivity index (χ0) is 11.4. The van der Waals surface area contributed by atoms with Crippen molar-refractivity contribution in [1.29, 1.82) is 0 Å². The third-order valence-electron chi connectivity index (χ3n) is 1.19. The van der Waals surface area contributed by atoms with E-state index in [9.17, 15) is 26.3 Å². The lowest BCUT2D eigenvalue weighted by molar-refractivity contribution is -0.534. The monoisotopic (exact) mass is 264 g/mol. The molecule has 84 valence electrons. The fourth-order valence-corrected chi connectivity index (χ4v) is 0.831. The molecule has 2 nitrogen and oxygen atoms in total. The normalized spacial score (nSPS) is 46.3. The highest BCUT2D eigenvalue weighted by Crippen LogP contribution is 2.55. The van der Waals surface area contributed by atoms with E-state index >= 15 is 0 Å². The Balaban J connectivity index is 3.07. The summed E-state index contributed by atoms with van der Waals surface area (Å²) in [5, 5.41) is -8.83. The van der Waals surface area contributed by atoms with Crippen LogP contribution in [0.5, 0.6) is 0 Å². The topological polar surface area (TPSA) is 18.5 Å². The van der Waals surface area contributed by atoms with Crippen LogP contribution in [0.25, 0.3) is 0 Å². The summed E-state index contributed by atoms with van der Waals surface area (Å²) in [7, 11) is 0. The zero-order valence-corrected chi connectivity index (χ0v) is 7.35. The minimum atomic E-state index is -5.42. The van der Waals surface area contributed by atoms with Crippen molar-refractivity contribution < 1.29 is 35.8 Å². The Bertz CT molecular complexity index is 204. The molecule has 0 spiro atoms. The van der Waals surface area contributed by atoms with Gasteiger partial charge in [0.1, 0.15) is 0 Å². The van der Waals surface area contributed by atoms with Crippen LogP contribution in [0.4, 0.5) is 26.3 Å². The zero-order valence-electron chi connectivity index (χ0n) is 5.84. The molecule has 1 rings (SSSR count). The fourth-order valence-electron chi connectivity index (χ4n) is 0.560. The Hall–Kier alpha value is 0.0800. The third kappa shape index (κ3) is 1.64. The van der Waals surface area contributed by atoms with E-state index in [-0.39, 0.29) is 0 Å². The van der Waals surface area contributed by atoms with E-state index < -0.39 is 22.8 Å². The van der Waals surface area contributed by atoms with Crippen molar-refractivity contribution in [1.82, 2.24) is 0 Å². The molecule has 0 aromatic carbocycles. The van der Waals surface area contributed by atoms with E-state index in [2.05, 4.69) is 32.7 Å². The van der Waals surface area contributed by atoms with Gasteiger partial charge in [-0.1, -0.05) is 0 Å². The van der Waals surface area contributed by atoms with Crippen LogP contribution >= 0.6 is 23.2 Å². The Kier molecular flexibility index (Phi) is 2.44. The van der Waals surface area contributed by atoms with Gasteiger partial charge in [-0.15, -0.1) is 0 Å². The predicted octanol–water partition coefficient (Wildman–Crippen LogP) is 2.94. The van der Waals surface area contributed by atoms with Crippen molar-refractivity contribution in [2.24, 2.45) is 0 Å². The molecule has 2 unspecified atom stereocenters. The van der Waals surface area contributed by atoms with E-state index in [0.29, 0.717) is 0 Å². The highest BCUT2D eigenvalue weighted by atomic mass is 35.5. The Morgan fingerprint density at radius 2 is 0.857 bits per heavy atom. The molecule has 1 aliphatic rings. The molecular formula is C4Cl2F6O2. The molecule has 0 radical (unpaired) electrons. The highest BCUT2D eigenvalue weighted by Gasteiger charge is 2.77. The van der Waals surface area contributed by atoms with Crippen LogP contribution in [0.3, 0.4) is 0 Å². The second-order valence-electron chi connectivity index (χ2n) is 2.27. The van der Waals surface area contributed by atoms with E-state index in [1.54, 1.807) is 0 Å². The van der Waals surface area contributed by atoms with Crippen LogP contribution in [0.1, 0.15) is 0 Å². The van der Waals surface area contributed by atoms with Gasteiger partial charge in [0.25, 0.3) is 0 Å². The van der Waals surface area contributed by atoms with Gasteiger partial charge < -0.3 is 0 Å². The number of halogens is 8. The van der Waals surface area contributed by atoms with E-state index in [1.807, 2.05) is 0 Å². The van der Waals surface area contributed by atoms with Crippen LogP contribution in [0, 0.1) is 0 Å². The lowest BCUT2D eigenvalue weighted by Gasteiger charge is -2.40. The number of ether oxygens (including phenoxy) is 2. The molecule has 0 aromatic heterocycles. The van der Waals surface area contributed by atoms with Gasteiger partial charge in [-0.3, -0.25) is 9.47 Å². The van der Waals surface area contributed by atoms with Crippen LogP contribution < -0.4 is 0 Å². The molecule has 10 heteroatoms. The lowest BCUT2D eigenvalue weighted by Crippen LogP contribution is -2.63. The summed E-state index contributed by atoms with van der Waals surface area (Å²) < 4.78 is 79.2. The average Bonchev–Trinajstić information content (AvgIpc) is 1.78. The summed E-state index contributed by atoms with van der Waals surface area (Å²) in [5.74, 6) is 0. The first-order chi connectivity index (χ1) is 5.91. The standard InChI is InChI=1S/C4Cl2F6O2/c5-1(7)2(6,8)14-4(11,12)3(9,10)13-1. The van der Waals surface area contributed by atoms with Crippen LogP contribution in [-0.4, -0.2) is 22.8 Å². The second-order valence-corrected chi connectivity index (χ2v) is 3.24. The van der Waals surface area contributed by atoms with Crippen molar-refractivity contribution in [2.75, 3.05) is 0 Å². The molecular weight excluding hydrogens is 265 g/mol. The summed E-state index contributed by atoms with van der Waals surface area (Å²) in [6.07, 6.45) is -10.8. The van der Waals surface area contributed by atoms with Gasteiger partial charge in [0, 0.05) is 0 Å². The Morgan fingerprint density at radius 1 is 0.643 bits per heavy atom. The molecule has 14 heavy (non-hydrogen) atoms. The summed E-state index contributed by atoms with van der Waals surface area (Å²) in [6, 6.07) is 0. The van der Waals surface area contributed by atoms with Crippen molar-refractivity contribution in [3.05, 3.63) is 0 Å². The van der Waals surface area contributed by atoms with Crippen LogP contribution in [-0.2, 0) is 9.47 Å². The van der Waals surface area contributed by atoms with Gasteiger partial charge in [-0.2, -0.15) is 26.3 Å². The summed E-state index contributed by atoms with van der Waals surface area (Å²) in [5.41, 5.74) is 0. The van der Waals surface area contributed by atoms with Crippen LogP contribution in [0.2, 0.25) is 0 Å². The minimum absolute atomic E-state index is 2.68. The van der Waals surface area contributed by atoms with Gasteiger partial charge in [0.05, 0.1) is 0 Å². The fraction of sp³-hybridized carbons (Fsp3) is 1.00. The second kappa shape index (κ2) is 2.81. The van der Waals surface area contributed by atoms with E-state index in [0.717, 1.165) is 0 Å². The number of hydrogen-bond donors (Lipinski definition) is 0. The SMILES string of the molecule is FC1(F)OC(F)(Cl)C(F)(Cl)OC1(F)F. The van der Waals surface area contributed by atoms with Crippen molar-refractivity contribution >= 4 is 23.2 Å². The maximum atomic E-state index is 12.6. The molecule has 1 fully saturated rings. The average molecular weight is 265 g/mol. The van der Waals surface area contributed by atoms with Gasteiger partial charge in [-0.25, -0.2) is 0 Å². The quantitative estimate of drug-likeness (QED) is 0.495. The Morgan fingerprint density at radius 3 is 1.07 bits per heavy atom. The highest BCUT2D eigenvalue weighted by molar-refractivity contribution is 6.31. The van der Waals surface area contributed by atoms with Crippen molar-refractivity contribution in [3.8, 4) is 0 Å². The minimum Gasteiger partial charge on any atom is -0.256 e. The van der Waals surface area contributed by atoms with Gasteiger partial charge in [0.2, 0.25) is 0 Å². The molecule has 0 N–H and O–H groups in total. The van der Waals surface area contributed by atoms with Gasteiger partial charge >= 0.3 is 22.8 Å². The molecule has 2 atom stereocenters. The predicted molar refractivity (Wildman–Crippen MR) is 31.4 cm³/mol. The molecule has 1 saturated heterocycles. The first-order valence-electron chi connectivity index (χ1n) is 2.83. The van der Waals surface area contributed by atoms with Gasteiger partial charge in [-0.05, 0) is 23.2 Å². The summed E-state index contributed by atoms with van der Waals surface area (Å²) >= 11 is 8.68. The first-order valence-corrected chi connectivity index (χ1v) is 3.58. The van der Waals surface area contributed by atoms with Crippen molar-refractivity contribution in [2.45, 2.75) is 22.8 Å². The summed E-state index contributed by atoms with van der Waals surface area (Å²) in [4.78, 5) is 0. The van der Waals surface area contributed by atoms with Crippen molar-refractivity contribution in [3.63, 3.8) is 0 Å². The molecule has 0 saturated carbocycles. The molecule has 0 aliphatic carbocycles. The molecule has 0 aromatic rings. The number of alkyl halides is 8. The number of rotatable bonds is 0. The molecule has 1 aliphatic heterocycles. The third-order valence-corrected chi connectivity index (χ3v) is 1.93. The molecule has 0 amide bonds. The van der Waals surface area contributed by atoms with E-state index in [1.165, 1.54) is 0 Å². The smallest absolute Gasteiger partial charge is 0.256 e. The molecule has 0 bridgehead atoms. The Labute approximate surface area is 82.7 Å². The summed E-state index contributed by atoms with van der Waals surface area (Å²) in [6.45, 7) is 0. The maximum Gasteiger partial charge on any atom is 0.452 e. The molecule has 1 heterocycles. The number of hydrogen-bond acceptors (Lipinski definition) is 2. The first kappa shape index (κ1) is 12.2. The van der Waals surface area contributed by atoms with Gasteiger partial charge in [0.15, 0.2) is 0 Å². The largest absolute Gasteiger partial charge is 0.452 e. The lowest BCUT2D eigenvalue weighted by atomic mass is 10.5. The maximum absolute atomic E-state index is 12.6. The van der Waals surface area contributed by atoms with Crippen LogP contribution in [0.15, 0.2) is 0 Å².